The van der Waals surface area contributed by atoms with Crippen molar-refractivity contribution in [2.75, 3.05) is 0 Å². The van der Waals surface area contributed by atoms with E-state index in [1.165, 1.54) is 19.3 Å². The monoisotopic (exact) mass is 376 g/mol. The predicted molar refractivity (Wildman–Crippen MR) is 93.1 cm³/mol. The number of carboxylic acids is 1. The summed E-state index contributed by atoms with van der Waals surface area (Å²) in [5.74, 6) is -0.203. The summed E-state index contributed by atoms with van der Waals surface area (Å²) in [7, 11) is 0. The van der Waals surface area contributed by atoms with Gasteiger partial charge in [0.1, 0.15) is 0 Å². The van der Waals surface area contributed by atoms with Crippen LogP contribution in [0.4, 0.5) is 0 Å². The Morgan fingerprint density at radius 2 is 1.56 bits per heavy atom. The maximum atomic E-state index is 12.9. The molecule has 0 spiro atoms. The first kappa shape index (κ1) is 17.5. The Morgan fingerprint density at radius 1 is 0.963 bits per heavy atom. The highest BCUT2D eigenvalue weighted by atomic mass is 16.7. The lowest BCUT2D eigenvalue weighted by atomic mass is 9.49. The summed E-state index contributed by atoms with van der Waals surface area (Å²) in [4.78, 5) is 36.6. The number of fused-ring (bicyclic) bond motifs is 1. The number of esters is 2. The van der Waals surface area contributed by atoms with Crippen molar-refractivity contribution in [2.24, 2.45) is 46.8 Å². The van der Waals surface area contributed by atoms with Gasteiger partial charge in [-0.15, -0.1) is 0 Å². The van der Waals surface area contributed by atoms with E-state index in [0.717, 1.165) is 25.7 Å². The van der Waals surface area contributed by atoms with Gasteiger partial charge in [0.05, 0.1) is 17.3 Å². The number of ether oxygens (including phenoxy) is 2. The van der Waals surface area contributed by atoms with Crippen molar-refractivity contribution in [2.45, 2.75) is 64.6 Å². The molecule has 6 saturated carbocycles. The number of rotatable bonds is 5. The van der Waals surface area contributed by atoms with E-state index in [2.05, 4.69) is 0 Å². The SMILES string of the molecule is C[C@@H](OC(=O)C1CCC2C(C(=O)O)C12)OC(=O)C12CC3CC(CC(C3)C1)C2. The van der Waals surface area contributed by atoms with Gasteiger partial charge in [-0.3, -0.25) is 14.4 Å². The van der Waals surface area contributed by atoms with Gasteiger partial charge in [-0.1, -0.05) is 0 Å². The Balaban J connectivity index is 1.18. The molecule has 6 rings (SSSR count). The lowest BCUT2D eigenvalue weighted by molar-refractivity contribution is -0.203. The van der Waals surface area contributed by atoms with Crippen LogP contribution >= 0.6 is 0 Å². The van der Waals surface area contributed by atoms with Gasteiger partial charge in [0.2, 0.25) is 6.29 Å². The molecule has 0 aromatic carbocycles. The zero-order valence-corrected chi connectivity index (χ0v) is 15.8. The lowest BCUT2D eigenvalue weighted by Crippen LogP contribution is -2.51. The summed E-state index contributed by atoms with van der Waals surface area (Å²) < 4.78 is 11.0. The van der Waals surface area contributed by atoms with E-state index in [1.807, 2.05) is 0 Å². The molecule has 148 valence electrons. The van der Waals surface area contributed by atoms with Crippen LogP contribution in [0.1, 0.15) is 58.3 Å². The molecular formula is C21H28O6. The van der Waals surface area contributed by atoms with Crippen LogP contribution in [0.25, 0.3) is 0 Å². The number of carbonyl (C=O) groups is 3. The highest BCUT2D eigenvalue weighted by molar-refractivity contribution is 5.81. The number of aliphatic carboxylic acids is 1. The summed E-state index contributed by atoms with van der Waals surface area (Å²) in [5, 5.41) is 9.19. The molecule has 0 aliphatic heterocycles. The third-order valence-corrected chi connectivity index (χ3v) is 8.12. The first-order valence-electron chi connectivity index (χ1n) is 10.5. The average Bonchev–Trinajstić information content (AvgIpc) is 3.13. The first-order chi connectivity index (χ1) is 12.9. The predicted octanol–water partition coefficient (Wildman–Crippen LogP) is 2.99. The molecule has 6 heteroatoms. The Bertz CT molecular complexity index is 649. The smallest absolute Gasteiger partial charge is 0.315 e. The fraction of sp³-hybridized carbons (Fsp3) is 0.857. The van der Waals surface area contributed by atoms with Crippen LogP contribution in [0.5, 0.6) is 0 Å². The third kappa shape index (κ3) is 2.78. The molecule has 0 aromatic rings. The van der Waals surface area contributed by atoms with Crippen molar-refractivity contribution in [1.29, 1.82) is 0 Å². The van der Waals surface area contributed by atoms with Gasteiger partial charge in [-0.25, -0.2) is 0 Å². The quantitative estimate of drug-likeness (QED) is 0.586. The van der Waals surface area contributed by atoms with E-state index < -0.39 is 24.1 Å². The van der Waals surface area contributed by atoms with Crippen LogP contribution in [0.2, 0.25) is 0 Å². The van der Waals surface area contributed by atoms with E-state index in [-0.39, 0.29) is 29.1 Å². The van der Waals surface area contributed by atoms with Crippen LogP contribution in [0.15, 0.2) is 0 Å². The van der Waals surface area contributed by atoms with E-state index >= 15 is 0 Å². The second-order valence-corrected chi connectivity index (χ2v) is 9.90. The van der Waals surface area contributed by atoms with Crippen LogP contribution < -0.4 is 0 Å². The minimum absolute atomic E-state index is 0.0962. The summed E-state index contributed by atoms with van der Waals surface area (Å²) in [6.07, 6.45) is 7.07. The van der Waals surface area contributed by atoms with Gasteiger partial charge in [0.25, 0.3) is 0 Å². The summed E-state index contributed by atoms with van der Waals surface area (Å²) in [6.45, 7) is 1.60. The van der Waals surface area contributed by atoms with Gasteiger partial charge in [0, 0.05) is 6.92 Å². The Morgan fingerprint density at radius 3 is 2.07 bits per heavy atom. The highest BCUT2D eigenvalue weighted by Gasteiger charge is 2.64. The molecule has 6 nitrogen and oxygen atoms in total. The molecular weight excluding hydrogens is 348 g/mol. The van der Waals surface area contributed by atoms with Crippen LogP contribution in [0, 0.1) is 46.8 Å². The van der Waals surface area contributed by atoms with Crippen molar-refractivity contribution in [3.63, 3.8) is 0 Å². The first-order valence-corrected chi connectivity index (χ1v) is 10.5. The molecule has 5 atom stereocenters. The zero-order valence-electron chi connectivity index (χ0n) is 15.8. The Hall–Kier alpha value is -1.59. The maximum Gasteiger partial charge on any atom is 0.315 e. The molecule has 0 amide bonds. The molecule has 6 fully saturated rings. The van der Waals surface area contributed by atoms with Gasteiger partial charge in [0.15, 0.2) is 0 Å². The largest absolute Gasteiger partial charge is 0.481 e. The number of hydrogen-bond acceptors (Lipinski definition) is 5. The normalized spacial score (nSPS) is 47.2. The van der Waals surface area contributed by atoms with Crippen molar-refractivity contribution in [1.82, 2.24) is 0 Å². The van der Waals surface area contributed by atoms with Gasteiger partial charge in [-0.05, 0) is 81.0 Å². The van der Waals surface area contributed by atoms with E-state index in [0.29, 0.717) is 24.2 Å². The maximum absolute atomic E-state index is 12.9. The van der Waals surface area contributed by atoms with Gasteiger partial charge >= 0.3 is 17.9 Å². The van der Waals surface area contributed by atoms with Crippen LogP contribution in [0.3, 0.4) is 0 Å². The van der Waals surface area contributed by atoms with Crippen LogP contribution in [-0.4, -0.2) is 29.3 Å². The molecule has 0 saturated heterocycles. The molecule has 6 aliphatic carbocycles. The van der Waals surface area contributed by atoms with Crippen molar-refractivity contribution >= 4 is 17.9 Å². The molecule has 4 bridgehead atoms. The fourth-order valence-corrected chi connectivity index (χ4v) is 7.42. The van der Waals surface area contributed by atoms with E-state index in [1.54, 1.807) is 6.92 Å². The van der Waals surface area contributed by atoms with Crippen LogP contribution in [-0.2, 0) is 23.9 Å². The van der Waals surface area contributed by atoms with Crippen molar-refractivity contribution in [3.05, 3.63) is 0 Å². The molecule has 0 aromatic heterocycles. The second kappa shape index (κ2) is 5.95. The molecule has 6 aliphatic rings. The zero-order chi connectivity index (χ0) is 18.9. The molecule has 0 radical (unpaired) electrons. The van der Waals surface area contributed by atoms with E-state index in [4.69, 9.17) is 9.47 Å². The second-order valence-electron chi connectivity index (χ2n) is 9.90. The topological polar surface area (TPSA) is 89.9 Å². The number of carboxylic acid groups (broad SMARTS) is 1. The third-order valence-electron chi connectivity index (χ3n) is 8.12. The lowest BCUT2D eigenvalue weighted by Gasteiger charge is -2.55. The molecule has 4 unspecified atom stereocenters. The van der Waals surface area contributed by atoms with Crippen molar-refractivity contribution in [3.8, 4) is 0 Å². The van der Waals surface area contributed by atoms with Crippen molar-refractivity contribution < 1.29 is 29.0 Å². The standard InChI is InChI=1S/C21H28O6/c1-10(26-19(24)15-3-2-14-16(15)17(14)18(22)23)27-20(25)21-7-11-4-12(8-21)6-13(5-11)9-21/h10-17H,2-9H2,1H3,(H,22,23)/t10-,11?,12?,13?,14?,15?,16?,17?,21?/m0/s1. The fourth-order valence-electron chi connectivity index (χ4n) is 7.42. The number of carbonyl (C=O) groups excluding carboxylic acids is 2. The summed E-state index contributed by atoms with van der Waals surface area (Å²) in [5.41, 5.74) is -0.362. The molecule has 1 N–H and O–H groups in total. The van der Waals surface area contributed by atoms with E-state index in [9.17, 15) is 19.5 Å². The summed E-state index contributed by atoms with van der Waals surface area (Å²) in [6, 6.07) is 0. The van der Waals surface area contributed by atoms with Gasteiger partial charge < -0.3 is 14.6 Å². The Kier molecular flexibility index (Phi) is 3.86. The Labute approximate surface area is 159 Å². The minimum Gasteiger partial charge on any atom is -0.481 e. The summed E-state index contributed by atoms with van der Waals surface area (Å²) >= 11 is 0. The highest BCUT2D eigenvalue weighted by Crippen LogP contribution is 2.61. The average molecular weight is 376 g/mol. The molecule has 0 heterocycles. The minimum atomic E-state index is -0.904. The number of hydrogen-bond donors (Lipinski definition) is 1. The van der Waals surface area contributed by atoms with Gasteiger partial charge in [-0.2, -0.15) is 0 Å². The molecule has 27 heavy (non-hydrogen) atoms.